The van der Waals surface area contributed by atoms with Gasteiger partial charge in [0.25, 0.3) is 32.9 Å². The number of nitro benzene ring substituents is 4. The molecule has 4 aromatic rings. The topological polar surface area (TPSA) is 404 Å². The number of carboxylic acid groups (broad SMARTS) is 1. The Morgan fingerprint density at radius 1 is 0.571 bits per heavy atom. The molecule has 4 rings (SSSR count). The number of nitro groups is 4. The second-order valence-electron chi connectivity index (χ2n) is 12.9. The number of nitrogens with two attached hydrogens (primary N) is 4. The second kappa shape index (κ2) is 26.5. The van der Waals surface area contributed by atoms with Gasteiger partial charge in [0.2, 0.25) is 0 Å². The van der Waals surface area contributed by atoms with Crippen LogP contribution >= 0.6 is 0 Å². The molecule has 0 heterocycles. The lowest BCUT2D eigenvalue weighted by molar-refractivity contribution is -0.384. The molecule has 0 saturated heterocycles. The molecule has 0 bridgehead atoms. The van der Waals surface area contributed by atoms with Gasteiger partial charge in [0.1, 0.15) is 33.4 Å². The molecular weight excluding hydrogens is 857 g/mol. The van der Waals surface area contributed by atoms with Gasteiger partial charge in [0, 0.05) is 18.2 Å². The monoisotopic (exact) mass is 904 g/mol. The molecule has 10 N–H and O–H groups in total. The molecule has 0 atom stereocenters. The van der Waals surface area contributed by atoms with Crippen molar-refractivity contribution in [2.24, 2.45) is 0 Å². The summed E-state index contributed by atoms with van der Waals surface area (Å²) >= 11 is 0. The highest BCUT2D eigenvalue weighted by atomic mass is 32.2. The summed E-state index contributed by atoms with van der Waals surface area (Å²) in [6.07, 6.45) is 8.56. The highest BCUT2D eigenvalue weighted by molar-refractivity contribution is 7.85. The van der Waals surface area contributed by atoms with E-state index < -0.39 is 52.3 Å². The number of esters is 1. The first-order valence-corrected chi connectivity index (χ1v) is 20.2. The first kappa shape index (κ1) is 53.3. The Hall–Kier alpha value is -7.67. The summed E-state index contributed by atoms with van der Waals surface area (Å²) in [5.41, 5.74) is 20.1. The molecule has 24 nitrogen and oxygen atoms in total. The van der Waals surface area contributed by atoms with Gasteiger partial charge in [-0.15, -0.1) is 0 Å². The first-order chi connectivity index (χ1) is 29.5. The summed E-state index contributed by atoms with van der Waals surface area (Å²) in [4.78, 5) is 61.0. The molecule has 4 aromatic carbocycles. The third kappa shape index (κ3) is 19.1. The van der Waals surface area contributed by atoms with Crippen LogP contribution < -0.4 is 27.7 Å². The van der Waals surface area contributed by atoms with Gasteiger partial charge in [-0.2, -0.15) is 8.42 Å². The average Bonchev–Trinajstić information content (AvgIpc) is 3.21. The Kier molecular flexibility index (Phi) is 22.5. The molecule has 25 heteroatoms. The number of anilines is 4. The van der Waals surface area contributed by atoms with Crippen LogP contribution in [0.5, 0.6) is 5.75 Å². The molecule has 63 heavy (non-hydrogen) atoms. The lowest BCUT2D eigenvalue weighted by atomic mass is 10.1. The summed E-state index contributed by atoms with van der Waals surface area (Å²) in [7, 11) is -4.44. The van der Waals surface area contributed by atoms with E-state index >= 15 is 0 Å². The number of benzene rings is 4. The van der Waals surface area contributed by atoms with Crippen LogP contribution in [0.2, 0.25) is 0 Å². The summed E-state index contributed by atoms with van der Waals surface area (Å²) < 4.78 is 40.3. The highest BCUT2D eigenvalue weighted by Crippen LogP contribution is 2.27. The molecule has 0 unspecified atom stereocenters. The van der Waals surface area contributed by atoms with Crippen molar-refractivity contribution < 1.29 is 56.8 Å². The van der Waals surface area contributed by atoms with Crippen molar-refractivity contribution in [3.05, 3.63) is 124 Å². The molecule has 342 valence electrons. The average molecular weight is 905 g/mol. The maximum Gasteiger partial charge on any atom is 0.338 e. The van der Waals surface area contributed by atoms with Crippen LogP contribution in [0.4, 0.5) is 45.5 Å². The Labute approximate surface area is 360 Å². The van der Waals surface area contributed by atoms with E-state index in [-0.39, 0.29) is 50.9 Å². The SMILES string of the molecule is CCCCCCCCOC(=O)c1ccc(N)c([N+](=O)[O-])c1.CCCCOc1ccc(N)c([N+](=O)[O-])c1.Nc1ccc(C(=O)O)cc1[N+](=O)[O-].Nc1ccc(S(=O)(=O)O)cc1[N+](=O)[O-]. The summed E-state index contributed by atoms with van der Waals surface area (Å²) in [6.45, 7) is 5.11. The van der Waals surface area contributed by atoms with Crippen molar-refractivity contribution in [3.63, 3.8) is 0 Å². The van der Waals surface area contributed by atoms with Gasteiger partial charge in [0.15, 0.2) is 0 Å². The molecule has 0 aliphatic rings. The quantitative estimate of drug-likeness (QED) is 0.0142. The molecule has 0 spiro atoms. The molecule has 0 saturated carbocycles. The lowest BCUT2D eigenvalue weighted by Crippen LogP contribution is -2.07. The van der Waals surface area contributed by atoms with E-state index in [4.69, 9.17) is 42.1 Å². The number of hydrogen-bond acceptors (Lipinski definition) is 18. The lowest BCUT2D eigenvalue weighted by Gasteiger charge is -2.05. The summed E-state index contributed by atoms with van der Waals surface area (Å²) in [5.74, 6) is -1.28. The Balaban J connectivity index is 0.000000428. The zero-order valence-electron chi connectivity index (χ0n) is 34.1. The number of carbonyl (C=O) groups excluding carboxylic acids is 1. The number of nitrogen functional groups attached to an aromatic ring is 4. The molecule has 0 amide bonds. The van der Waals surface area contributed by atoms with E-state index in [9.17, 15) is 58.5 Å². The summed E-state index contributed by atoms with van der Waals surface area (Å²) in [6, 6.07) is 14.5. The predicted octanol–water partition coefficient (Wildman–Crippen LogP) is 7.35. The van der Waals surface area contributed by atoms with Crippen LogP contribution in [0.3, 0.4) is 0 Å². The molecular formula is C38H48N8O16S. The number of rotatable bonds is 18. The van der Waals surface area contributed by atoms with Crippen molar-refractivity contribution in [2.45, 2.75) is 70.1 Å². The highest BCUT2D eigenvalue weighted by Gasteiger charge is 2.19. The van der Waals surface area contributed by atoms with Crippen molar-refractivity contribution in [1.29, 1.82) is 0 Å². The minimum atomic E-state index is -4.44. The van der Waals surface area contributed by atoms with Crippen LogP contribution in [0.25, 0.3) is 0 Å². The van der Waals surface area contributed by atoms with Crippen LogP contribution in [-0.2, 0) is 14.9 Å². The van der Waals surface area contributed by atoms with Crippen LogP contribution in [0.1, 0.15) is 85.9 Å². The number of hydrogen-bond donors (Lipinski definition) is 6. The Morgan fingerprint density at radius 3 is 1.46 bits per heavy atom. The third-order valence-corrected chi connectivity index (χ3v) is 8.98. The van der Waals surface area contributed by atoms with Gasteiger partial charge < -0.3 is 37.5 Å². The largest absolute Gasteiger partial charge is 0.493 e. The van der Waals surface area contributed by atoms with E-state index in [1.54, 1.807) is 6.07 Å². The van der Waals surface area contributed by atoms with Crippen molar-refractivity contribution in [2.75, 3.05) is 36.1 Å². The fourth-order valence-corrected chi connectivity index (χ4v) is 5.24. The van der Waals surface area contributed by atoms with Crippen LogP contribution in [0, 0.1) is 40.5 Å². The maximum atomic E-state index is 11.8. The van der Waals surface area contributed by atoms with E-state index in [0.29, 0.717) is 25.0 Å². The Bertz CT molecular complexity index is 2350. The van der Waals surface area contributed by atoms with Gasteiger partial charge in [-0.3, -0.25) is 45.0 Å². The number of carboxylic acids is 1. The maximum absolute atomic E-state index is 11.8. The summed E-state index contributed by atoms with van der Waals surface area (Å²) in [5, 5.41) is 50.5. The normalized spacial score (nSPS) is 10.3. The van der Waals surface area contributed by atoms with Gasteiger partial charge >= 0.3 is 11.9 Å². The van der Waals surface area contributed by atoms with E-state index in [2.05, 4.69) is 13.8 Å². The molecule has 0 aliphatic heterocycles. The van der Waals surface area contributed by atoms with Gasteiger partial charge in [-0.1, -0.05) is 52.4 Å². The second-order valence-corrected chi connectivity index (χ2v) is 14.3. The molecule has 0 fully saturated rings. The van der Waals surface area contributed by atoms with Crippen molar-refractivity contribution in [3.8, 4) is 5.75 Å². The number of unbranched alkanes of at least 4 members (excludes halogenated alkanes) is 6. The van der Waals surface area contributed by atoms with E-state index in [1.807, 2.05) is 0 Å². The van der Waals surface area contributed by atoms with Crippen molar-refractivity contribution >= 4 is 67.6 Å². The first-order valence-electron chi connectivity index (χ1n) is 18.7. The van der Waals surface area contributed by atoms with Crippen molar-refractivity contribution in [1.82, 2.24) is 0 Å². The fraction of sp³-hybridized carbons (Fsp3) is 0.316. The van der Waals surface area contributed by atoms with Gasteiger partial charge in [-0.05, 0) is 61.4 Å². The van der Waals surface area contributed by atoms with Gasteiger partial charge in [0.05, 0.1) is 50.1 Å². The van der Waals surface area contributed by atoms with Crippen LogP contribution in [-0.4, -0.2) is 62.9 Å². The van der Waals surface area contributed by atoms with Gasteiger partial charge in [-0.25, -0.2) is 9.59 Å². The predicted molar refractivity (Wildman–Crippen MR) is 231 cm³/mol. The zero-order valence-corrected chi connectivity index (χ0v) is 34.9. The number of carbonyl (C=O) groups is 2. The van der Waals surface area contributed by atoms with E-state index in [0.717, 1.165) is 56.4 Å². The fourth-order valence-electron chi connectivity index (χ4n) is 4.74. The zero-order chi connectivity index (χ0) is 47.9. The standard InChI is InChI=1S/C15H22N2O4.C10H14N2O3.C7H6N2O4.C6H6N2O5S/c1-2-3-4-5-6-7-10-21-15(18)12-8-9-13(16)14(11-12)17(19)20;1-2-3-6-15-8-4-5-9(11)10(7-8)12(13)14;8-5-2-1-4(7(10)11)3-6(5)9(12)13;7-5-2-1-4(14(11,12)13)3-6(5)8(9)10/h8-9,11H,2-7,10,16H2,1H3;4-5,7H,2-3,6,11H2,1H3;1-3H,8H2,(H,10,11);1-3H,7H2,(H,11,12,13). The number of aromatic carboxylic acids is 1. The van der Waals surface area contributed by atoms with Crippen LogP contribution in [0.15, 0.2) is 77.7 Å². The minimum Gasteiger partial charge on any atom is -0.493 e. The molecule has 0 aliphatic carbocycles. The Morgan fingerprint density at radius 2 is 0.984 bits per heavy atom. The van der Waals surface area contributed by atoms with E-state index in [1.165, 1.54) is 55.7 Å². The smallest absolute Gasteiger partial charge is 0.338 e. The number of ether oxygens (including phenoxy) is 2. The third-order valence-electron chi connectivity index (χ3n) is 8.13. The number of nitrogens with zero attached hydrogens (tertiary/aromatic N) is 4. The molecule has 0 aromatic heterocycles. The molecule has 0 radical (unpaired) electrons. The minimum absolute atomic E-state index is 0.0347.